The zero-order chi connectivity index (χ0) is 13.4. The van der Waals surface area contributed by atoms with Gasteiger partial charge in [-0.05, 0) is 44.6 Å². The van der Waals surface area contributed by atoms with Crippen LogP contribution in [-0.2, 0) is 0 Å². The summed E-state index contributed by atoms with van der Waals surface area (Å²) in [4.78, 5) is 0. The minimum Gasteiger partial charge on any atom is -0.0998 e. The molecule has 0 aliphatic heterocycles. The lowest BCUT2D eigenvalue weighted by Crippen LogP contribution is -2.04. The van der Waals surface area contributed by atoms with Crippen LogP contribution < -0.4 is 0 Å². The predicted octanol–water partition coefficient (Wildman–Crippen LogP) is 5.64. The van der Waals surface area contributed by atoms with Crippen molar-refractivity contribution in [2.24, 2.45) is 5.92 Å². The summed E-state index contributed by atoms with van der Waals surface area (Å²) < 4.78 is 0. The van der Waals surface area contributed by atoms with Gasteiger partial charge in [0.15, 0.2) is 0 Å². The van der Waals surface area contributed by atoms with Gasteiger partial charge in [-0.15, -0.1) is 0 Å². The van der Waals surface area contributed by atoms with Gasteiger partial charge < -0.3 is 0 Å². The Morgan fingerprint density at radius 3 is 2.33 bits per heavy atom. The van der Waals surface area contributed by atoms with Crippen LogP contribution in [0.5, 0.6) is 0 Å². The fourth-order valence-corrected chi connectivity index (χ4v) is 2.00. The first-order valence-electron chi connectivity index (χ1n) is 6.62. The number of rotatable bonds is 2. The molecule has 0 unspecified atom stereocenters. The van der Waals surface area contributed by atoms with E-state index >= 15 is 0 Å². The molecule has 0 radical (unpaired) electrons. The molecule has 0 saturated carbocycles. The fraction of sp³-hybridized carbons (Fsp3) is 0.333. The Bertz CT molecular complexity index is 409. The minimum absolute atomic E-state index is 0.767. The lowest BCUT2D eigenvalue weighted by molar-refractivity contribution is 0.540. The van der Waals surface area contributed by atoms with Gasteiger partial charge in [0.05, 0.1) is 0 Å². The van der Waals surface area contributed by atoms with Crippen molar-refractivity contribution >= 4 is 6.08 Å². The molecule has 0 heteroatoms. The van der Waals surface area contributed by atoms with Crippen LogP contribution in [0.25, 0.3) is 6.08 Å². The van der Waals surface area contributed by atoms with Crippen molar-refractivity contribution in [2.75, 3.05) is 0 Å². The van der Waals surface area contributed by atoms with E-state index in [9.17, 15) is 0 Å². The van der Waals surface area contributed by atoms with Crippen LogP contribution in [0.3, 0.4) is 0 Å². The summed E-state index contributed by atoms with van der Waals surface area (Å²) in [5.74, 6) is 0.767. The summed E-state index contributed by atoms with van der Waals surface area (Å²) in [5, 5.41) is 0. The standard InChI is InChI=1S/C10H16.C8H8/c1-8(2)10-6-4-9(3)5-7-10;1-2-8-6-4-3-5-7-8/h4,10H,1,5-7H2,2-3H3;2-7H,1H2/t10-;/m0./s1. The monoisotopic (exact) mass is 240 g/mol. The van der Waals surface area contributed by atoms with E-state index in [4.69, 9.17) is 0 Å². The van der Waals surface area contributed by atoms with E-state index in [1.165, 1.54) is 30.4 Å². The van der Waals surface area contributed by atoms with E-state index in [1.54, 1.807) is 5.57 Å². The van der Waals surface area contributed by atoms with Crippen molar-refractivity contribution < 1.29 is 0 Å². The molecule has 2 rings (SSSR count). The molecule has 0 heterocycles. The lowest BCUT2D eigenvalue weighted by atomic mass is 9.86. The molecule has 0 saturated heterocycles. The number of hydrogen-bond acceptors (Lipinski definition) is 0. The highest BCUT2D eigenvalue weighted by molar-refractivity contribution is 5.45. The van der Waals surface area contributed by atoms with E-state index in [1.807, 2.05) is 36.4 Å². The molecular weight excluding hydrogens is 216 g/mol. The SMILES string of the molecule is C=C(C)[C@H]1CC=C(C)CC1.C=Cc1ccccc1. The first-order valence-corrected chi connectivity index (χ1v) is 6.62. The molecule has 0 spiro atoms. The molecule has 0 amide bonds. The molecule has 1 aliphatic rings. The third-order valence-electron chi connectivity index (χ3n) is 3.37. The van der Waals surface area contributed by atoms with E-state index in [-0.39, 0.29) is 0 Å². The van der Waals surface area contributed by atoms with Gasteiger partial charge in [-0.1, -0.05) is 66.8 Å². The maximum Gasteiger partial charge on any atom is -0.0171 e. The third kappa shape index (κ3) is 5.18. The van der Waals surface area contributed by atoms with Crippen LogP contribution in [0.2, 0.25) is 0 Å². The van der Waals surface area contributed by atoms with E-state index in [0.29, 0.717) is 0 Å². The normalized spacial score (nSPS) is 18.1. The molecule has 1 atom stereocenters. The van der Waals surface area contributed by atoms with E-state index < -0.39 is 0 Å². The average Bonchev–Trinajstić information content (AvgIpc) is 2.41. The third-order valence-corrected chi connectivity index (χ3v) is 3.37. The van der Waals surface area contributed by atoms with Crippen molar-refractivity contribution in [1.82, 2.24) is 0 Å². The summed E-state index contributed by atoms with van der Waals surface area (Å²) in [6, 6.07) is 10.0. The molecule has 1 aliphatic carbocycles. The molecule has 1 aromatic rings. The minimum atomic E-state index is 0.767. The molecule has 0 aromatic heterocycles. The Balaban J connectivity index is 0.000000184. The average molecular weight is 240 g/mol. The second-order valence-corrected chi connectivity index (χ2v) is 4.98. The summed E-state index contributed by atoms with van der Waals surface area (Å²) in [6.07, 6.45) is 8.00. The van der Waals surface area contributed by atoms with Gasteiger partial charge in [-0.3, -0.25) is 0 Å². The van der Waals surface area contributed by atoms with Crippen molar-refractivity contribution in [3.8, 4) is 0 Å². The molecule has 1 aromatic carbocycles. The van der Waals surface area contributed by atoms with E-state index in [0.717, 1.165) is 5.92 Å². The zero-order valence-corrected chi connectivity index (χ0v) is 11.7. The molecule has 0 bridgehead atoms. The van der Waals surface area contributed by atoms with Crippen LogP contribution >= 0.6 is 0 Å². The van der Waals surface area contributed by atoms with Gasteiger partial charge in [0, 0.05) is 0 Å². The Hall–Kier alpha value is -1.56. The van der Waals surface area contributed by atoms with E-state index in [2.05, 4.69) is 33.1 Å². The molecule has 96 valence electrons. The lowest BCUT2D eigenvalue weighted by Gasteiger charge is -2.19. The Morgan fingerprint density at radius 2 is 1.94 bits per heavy atom. The number of hydrogen-bond donors (Lipinski definition) is 0. The molecule has 18 heavy (non-hydrogen) atoms. The van der Waals surface area contributed by atoms with Crippen molar-refractivity contribution in [2.45, 2.75) is 33.1 Å². The second-order valence-electron chi connectivity index (χ2n) is 4.98. The van der Waals surface area contributed by atoms with Crippen molar-refractivity contribution in [1.29, 1.82) is 0 Å². The highest BCUT2D eigenvalue weighted by atomic mass is 14.2. The van der Waals surface area contributed by atoms with Gasteiger partial charge in [-0.2, -0.15) is 0 Å². The van der Waals surface area contributed by atoms with Gasteiger partial charge in [0.1, 0.15) is 0 Å². The Labute approximate surface area is 112 Å². The van der Waals surface area contributed by atoms with Crippen LogP contribution in [0.15, 0.2) is 60.7 Å². The van der Waals surface area contributed by atoms with Gasteiger partial charge in [0.2, 0.25) is 0 Å². The summed E-state index contributed by atoms with van der Waals surface area (Å²) in [7, 11) is 0. The maximum atomic E-state index is 3.97. The quantitative estimate of drug-likeness (QED) is 0.587. The summed E-state index contributed by atoms with van der Waals surface area (Å²) >= 11 is 0. The smallest absolute Gasteiger partial charge is 0.0171 e. The Morgan fingerprint density at radius 1 is 1.28 bits per heavy atom. The Kier molecular flexibility index (Phi) is 6.21. The molecule has 0 nitrogen and oxygen atoms in total. The zero-order valence-electron chi connectivity index (χ0n) is 11.7. The van der Waals surface area contributed by atoms with Gasteiger partial charge in [0.25, 0.3) is 0 Å². The number of benzene rings is 1. The maximum absolute atomic E-state index is 3.97. The molecular formula is C18H24. The van der Waals surface area contributed by atoms with Crippen LogP contribution in [-0.4, -0.2) is 0 Å². The van der Waals surface area contributed by atoms with Crippen LogP contribution in [0.4, 0.5) is 0 Å². The van der Waals surface area contributed by atoms with Crippen molar-refractivity contribution in [3.05, 3.63) is 66.3 Å². The van der Waals surface area contributed by atoms with Gasteiger partial charge >= 0.3 is 0 Å². The topological polar surface area (TPSA) is 0 Å². The first-order chi connectivity index (χ1) is 8.63. The second kappa shape index (κ2) is 7.71. The summed E-state index contributed by atoms with van der Waals surface area (Å²) in [5.41, 5.74) is 4.08. The highest BCUT2D eigenvalue weighted by Gasteiger charge is 2.11. The number of allylic oxidation sites excluding steroid dienone is 3. The molecule has 0 fully saturated rings. The highest BCUT2D eigenvalue weighted by Crippen LogP contribution is 2.27. The largest absolute Gasteiger partial charge is 0.0998 e. The fourth-order valence-electron chi connectivity index (χ4n) is 2.00. The van der Waals surface area contributed by atoms with Crippen LogP contribution in [0.1, 0.15) is 38.7 Å². The van der Waals surface area contributed by atoms with Gasteiger partial charge in [-0.25, -0.2) is 0 Å². The van der Waals surface area contributed by atoms with Crippen LogP contribution in [0, 0.1) is 5.92 Å². The first kappa shape index (κ1) is 14.5. The summed E-state index contributed by atoms with van der Waals surface area (Å²) in [6.45, 7) is 12.0. The molecule has 0 N–H and O–H groups in total. The predicted molar refractivity (Wildman–Crippen MR) is 82.4 cm³/mol. The van der Waals surface area contributed by atoms with Crippen molar-refractivity contribution in [3.63, 3.8) is 0 Å².